The summed E-state index contributed by atoms with van der Waals surface area (Å²) >= 11 is 0. The third-order valence-electron chi connectivity index (χ3n) is 4.70. The maximum atomic E-state index is 12.3. The van der Waals surface area contributed by atoms with Gasteiger partial charge in [0.15, 0.2) is 0 Å². The van der Waals surface area contributed by atoms with E-state index < -0.39 is 0 Å². The first kappa shape index (κ1) is 17.1. The van der Waals surface area contributed by atoms with E-state index in [4.69, 9.17) is 0 Å². The second kappa shape index (κ2) is 7.95. The van der Waals surface area contributed by atoms with Gasteiger partial charge in [0, 0.05) is 29.7 Å². The highest BCUT2D eigenvalue weighted by Crippen LogP contribution is 2.27. The lowest BCUT2D eigenvalue weighted by Crippen LogP contribution is -2.20. The second-order valence-electron chi connectivity index (χ2n) is 6.66. The Labute approximate surface area is 158 Å². The van der Waals surface area contributed by atoms with E-state index in [2.05, 4.69) is 25.6 Å². The van der Waals surface area contributed by atoms with Crippen molar-refractivity contribution in [2.75, 3.05) is 10.6 Å². The smallest absolute Gasteiger partial charge is 0.227 e. The summed E-state index contributed by atoms with van der Waals surface area (Å²) in [6.45, 7) is 0. The molecule has 0 saturated heterocycles. The first-order chi connectivity index (χ1) is 13.3. The second-order valence-corrected chi connectivity index (χ2v) is 6.66. The van der Waals surface area contributed by atoms with Crippen molar-refractivity contribution in [2.45, 2.75) is 25.7 Å². The zero-order valence-electron chi connectivity index (χ0n) is 14.9. The van der Waals surface area contributed by atoms with Crippen LogP contribution >= 0.6 is 0 Å². The molecule has 1 fully saturated rings. The van der Waals surface area contributed by atoms with Gasteiger partial charge < -0.3 is 10.6 Å². The summed E-state index contributed by atoms with van der Waals surface area (Å²) in [6, 6.07) is 15.1. The van der Waals surface area contributed by atoms with Crippen LogP contribution in [0.25, 0.3) is 11.4 Å². The largest absolute Gasteiger partial charge is 0.326 e. The average Bonchev–Trinajstić information content (AvgIpc) is 3.24. The Morgan fingerprint density at radius 3 is 2.56 bits per heavy atom. The molecule has 1 saturated carbocycles. The molecule has 0 spiro atoms. The Morgan fingerprint density at radius 1 is 0.889 bits per heavy atom. The number of anilines is 3. The number of carbonyl (C=O) groups excluding carboxylic acids is 1. The molecule has 0 aliphatic heterocycles. The summed E-state index contributed by atoms with van der Waals surface area (Å²) in [5, 5.41) is 6.21. The van der Waals surface area contributed by atoms with Gasteiger partial charge in [0.2, 0.25) is 11.9 Å². The summed E-state index contributed by atoms with van der Waals surface area (Å²) in [7, 11) is 0. The van der Waals surface area contributed by atoms with Crippen LogP contribution in [0.3, 0.4) is 0 Å². The van der Waals surface area contributed by atoms with E-state index in [0.29, 0.717) is 5.95 Å². The van der Waals surface area contributed by atoms with Crippen LogP contribution in [0.4, 0.5) is 17.3 Å². The van der Waals surface area contributed by atoms with E-state index in [0.717, 1.165) is 48.4 Å². The minimum Gasteiger partial charge on any atom is -0.326 e. The van der Waals surface area contributed by atoms with Crippen molar-refractivity contribution >= 4 is 23.2 Å². The number of carbonyl (C=O) groups is 1. The van der Waals surface area contributed by atoms with Crippen LogP contribution in [-0.2, 0) is 4.79 Å². The maximum Gasteiger partial charge on any atom is 0.227 e. The zero-order valence-corrected chi connectivity index (χ0v) is 14.9. The van der Waals surface area contributed by atoms with Gasteiger partial charge in [-0.25, -0.2) is 9.97 Å². The molecule has 0 radical (unpaired) electrons. The van der Waals surface area contributed by atoms with Gasteiger partial charge in [-0.1, -0.05) is 25.0 Å². The van der Waals surface area contributed by atoms with Gasteiger partial charge in [-0.15, -0.1) is 0 Å². The number of amides is 1. The van der Waals surface area contributed by atoms with E-state index in [1.165, 1.54) is 0 Å². The zero-order chi connectivity index (χ0) is 18.5. The number of pyridine rings is 1. The van der Waals surface area contributed by atoms with Gasteiger partial charge >= 0.3 is 0 Å². The van der Waals surface area contributed by atoms with Crippen molar-refractivity contribution in [1.82, 2.24) is 15.0 Å². The first-order valence-corrected chi connectivity index (χ1v) is 9.20. The van der Waals surface area contributed by atoms with E-state index in [9.17, 15) is 4.79 Å². The Morgan fingerprint density at radius 2 is 1.74 bits per heavy atom. The van der Waals surface area contributed by atoms with Crippen molar-refractivity contribution in [3.8, 4) is 11.4 Å². The summed E-state index contributed by atoms with van der Waals surface area (Å²) in [5.74, 6) is 0.732. The van der Waals surface area contributed by atoms with Crippen LogP contribution < -0.4 is 10.6 Å². The van der Waals surface area contributed by atoms with E-state index in [1.807, 2.05) is 48.5 Å². The number of rotatable bonds is 5. The summed E-state index contributed by atoms with van der Waals surface area (Å²) in [4.78, 5) is 25.4. The summed E-state index contributed by atoms with van der Waals surface area (Å²) in [5.41, 5.74) is 3.13. The van der Waals surface area contributed by atoms with Gasteiger partial charge in [-0.3, -0.25) is 9.78 Å². The van der Waals surface area contributed by atoms with Crippen LogP contribution in [0.1, 0.15) is 25.7 Å². The standard InChI is InChI=1S/C21H21N5O/c27-20(15-6-1-2-7-15)24-16-8-5-9-17(14-16)25-21-23-13-11-19(26-21)18-10-3-4-12-22-18/h3-5,8-15H,1-2,6-7H2,(H,24,27)(H,23,25,26). The topological polar surface area (TPSA) is 79.8 Å². The van der Waals surface area contributed by atoms with Gasteiger partial charge in [-0.05, 0) is 49.2 Å². The lowest BCUT2D eigenvalue weighted by Gasteiger charge is -2.12. The lowest BCUT2D eigenvalue weighted by molar-refractivity contribution is -0.119. The molecule has 2 heterocycles. The molecule has 27 heavy (non-hydrogen) atoms. The number of nitrogens with one attached hydrogen (secondary N) is 2. The fraction of sp³-hybridized carbons (Fsp3) is 0.238. The minimum atomic E-state index is 0.109. The predicted octanol–water partition coefficient (Wildman–Crippen LogP) is 4.41. The molecule has 1 aliphatic rings. The molecule has 6 heteroatoms. The Bertz CT molecular complexity index is 923. The van der Waals surface area contributed by atoms with E-state index in [-0.39, 0.29) is 11.8 Å². The van der Waals surface area contributed by atoms with Crippen LogP contribution in [0.15, 0.2) is 60.9 Å². The molecule has 1 aromatic carbocycles. The highest BCUT2D eigenvalue weighted by molar-refractivity contribution is 5.93. The van der Waals surface area contributed by atoms with E-state index in [1.54, 1.807) is 12.4 Å². The Kier molecular flexibility index (Phi) is 5.05. The molecule has 6 nitrogen and oxygen atoms in total. The minimum absolute atomic E-state index is 0.109. The third kappa shape index (κ3) is 4.28. The highest BCUT2D eigenvalue weighted by Gasteiger charge is 2.22. The molecule has 3 aromatic rings. The van der Waals surface area contributed by atoms with Crippen LogP contribution in [0.2, 0.25) is 0 Å². The van der Waals surface area contributed by atoms with Gasteiger partial charge in [0.05, 0.1) is 11.4 Å². The van der Waals surface area contributed by atoms with Crippen LogP contribution in [0, 0.1) is 5.92 Å². The van der Waals surface area contributed by atoms with Crippen molar-refractivity contribution in [3.63, 3.8) is 0 Å². The van der Waals surface area contributed by atoms with Crippen molar-refractivity contribution < 1.29 is 4.79 Å². The molecule has 0 bridgehead atoms. The molecular weight excluding hydrogens is 338 g/mol. The third-order valence-corrected chi connectivity index (χ3v) is 4.70. The summed E-state index contributed by atoms with van der Waals surface area (Å²) in [6.07, 6.45) is 7.69. The van der Waals surface area contributed by atoms with Crippen LogP contribution in [-0.4, -0.2) is 20.9 Å². The quantitative estimate of drug-likeness (QED) is 0.705. The Hall–Kier alpha value is -3.28. The SMILES string of the molecule is O=C(Nc1cccc(Nc2nccc(-c3ccccn3)n2)c1)C1CCCC1. The van der Waals surface area contributed by atoms with E-state index >= 15 is 0 Å². The molecule has 2 N–H and O–H groups in total. The number of nitrogens with zero attached hydrogens (tertiary/aromatic N) is 3. The Balaban J connectivity index is 1.47. The van der Waals surface area contributed by atoms with Gasteiger partial charge in [0.1, 0.15) is 0 Å². The van der Waals surface area contributed by atoms with Crippen molar-refractivity contribution in [2.24, 2.45) is 5.92 Å². The van der Waals surface area contributed by atoms with Crippen molar-refractivity contribution in [1.29, 1.82) is 0 Å². The maximum absolute atomic E-state index is 12.3. The molecule has 1 amide bonds. The average molecular weight is 359 g/mol. The first-order valence-electron chi connectivity index (χ1n) is 9.20. The fourth-order valence-corrected chi connectivity index (χ4v) is 3.31. The molecule has 1 aliphatic carbocycles. The van der Waals surface area contributed by atoms with Crippen LogP contribution in [0.5, 0.6) is 0 Å². The number of benzene rings is 1. The monoisotopic (exact) mass is 359 g/mol. The molecule has 136 valence electrons. The number of hydrogen-bond acceptors (Lipinski definition) is 5. The van der Waals surface area contributed by atoms with Gasteiger partial charge in [-0.2, -0.15) is 0 Å². The normalized spacial score (nSPS) is 14.1. The summed E-state index contributed by atoms with van der Waals surface area (Å²) < 4.78 is 0. The van der Waals surface area contributed by atoms with Gasteiger partial charge in [0.25, 0.3) is 0 Å². The molecule has 4 rings (SSSR count). The predicted molar refractivity (Wildman–Crippen MR) is 106 cm³/mol. The highest BCUT2D eigenvalue weighted by atomic mass is 16.1. The molecule has 0 unspecified atom stereocenters. The molecule has 2 aromatic heterocycles. The lowest BCUT2D eigenvalue weighted by atomic mass is 10.1. The number of aromatic nitrogens is 3. The number of hydrogen-bond donors (Lipinski definition) is 2. The molecule has 0 atom stereocenters. The van der Waals surface area contributed by atoms with Crippen molar-refractivity contribution in [3.05, 3.63) is 60.9 Å². The fourth-order valence-electron chi connectivity index (χ4n) is 3.31. The molecular formula is C21H21N5O.